The summed E-state index contributed by atoms with van der Waals surface area (Å²) >= 11 is 12.1. The molecule has 0 saturated carbocycles. The molecule has 0 fully saturated rings. The van der Waals surface area contributed by atoms with Crippen molar-refractivity contribution in [2.24, 2.45) is 0 Å². The second-order valence-electron chi connectivity index (χ2n) is 5.44. The van der Waals surface area contributed by atoms with Crippen LogP contribution in [0.1, 0.15) is 25.5 Å². The van der Waals surface area contributed by atoms with E-state index in [4.69, 9.17) is 23.2 Å². The molecule has 0 saturated heterocycles. The standard InChI is InChI=1S/C18H19Cl2FN2O/c1-3-23(12(2)13-7-9-14(21)10-8-13)11-17(24)22-18-15(19)5-4-6-16(18)20/h4-10,12H,3,11H2,1-2H3,(H,22,24). The first-order valence-electron chi connectivity index (χ1n) is 7.65. The van der Waals surface area contributed by atoms with Crippen molar-refractivity contribution in [2.75, 3.05) is 18.4 Å². The highest BCUT2D eigenvalue weighted by molar-refractivity contribution is 6.39. The van der Waals surface area contributed by atoms with E-state index < -0.39 is 0 Å². The Morgan fingerprint density at radius 2 is 1.75 bits per heavy atom. The zero-order valence-electron chi connectivity index (χ0n) is 13.5. The molecule has 0 bridgehead atoms. The van der Waals surface area contributed by atoms with Crippen LogP contribution >= 0.6 is 23.2 Å². The van der Waals surface area contributed by atoms with Gasteiger partial charge in [0.05, 0.1) is 22.3 Å². The number of likely N-dealkylation sites (N-methyl/N-ethyl adjacent to an activating group) is 1. The van der Waals surface area contributed by atoms with Gasteiger partial charge >= 0.3 is 0 Å². The fourth-order valence-electron chi connectivity index (χ4n) is 2.46. The Morgan fingerprint density at radius 3 is 2.29 bits per heavy atom. The van der Waals surface area contributed by atoms with E-state index in [9.17, 15) is 9.18 Å². The minimum atomic E-state index is -0.278. The topological polar surface area (TPSA) is 32.3 Å². The summed E-state index contributed by atoms with van der Waals surface area (Å²) in [7, 11) is 0. The zero-order valence-corrected chi connectivity index (χ0v) is 15.0. The second kappa shape index (κ2) is 8.47. The summed E-state index contributed by atoms with van der Waals surface area (Å²) in [5.74, 6) is -0.485. The number of rotatable bonds is 6. The number of benzene rings is 2. The Hall–Kier alpha value is -1.62. The van der Waals surface area contributed by atoms with Gasteiger partial charge in [0.2, 0.25) is 5.91 Å². The predicted octanol–water partition coefficient (Wildman–Crippen LogP) is 5.15. The third-order valence-corrected chi connectivity index (χ3v) is 4.51. The molecule has 2 aromatic carbocycles. The van der Waals surface area contributed by atoms with Gasteiger partial charge in [-0.2, -0.15) is 0 Å². The van der Waals surface area contributed by atoms with Crippen molar-refractivity contribution >= 4 is 34.8 Å². The number of nitrogens with one attached hydrogen (secondary N) is 1. The van der Waals surface area contributed by atoms with Gasteiger partial charge in [-0.25, -0.2) is 4.39 Å². The minimum Gasteiger partial charge on any atom is -0.322 e. The molecule has 0 aliphatic carbocycles. The van der Waals surface area contributed by atoms with Gasteiger partial charge in [-0.15, -0.1) is 0 Å². The van der Waals surface area contributed by atoms with Gasteiger partial charge in [0.1, 0.15) is 5.82 Å². The van der Waals surface area contributed by atoms with Crippen LogP contribution in [-0.2, 0) is 4.79 Å². The highest BCUT2D eigenvalue weighted by Gasteiger charge is 2.18. The lowest BCUT2D eigenvalue weighted by atomic mass is 10.1. The SMILES string of the molecule is CCN(CC(=O)Nc1c(Cl)cccc1Cl)C(C)c1ccc(F)cc1. The van der Waals surface area contributed by atoms with Crippen LogP contribution in [0.25, 0.3) is 0 Å². The maximum Gasteiger partial charge on any atom is 0.238 e. The molecule has 0 heterocycles. The average Bonchev–Trinajstić information content (AvgIpc) is 2.56. The summed E-state index contributed by atoms with van der Waals surface area (Å²) < 4.78 is 13.1. The van der Waals surface area contributed by atoms with Crippen molar-refractivity contribution in [3.8, 4) is 0 Å². The van der Waals surface area contributed by atoms with E-state index in [1.54, 1.807) is 30.3 Å². The summed E-state index contributed by atoms with van der Waals surface area (Å²) in [5, 5.41) is 3.54. The fraction of sp³-hybridized carbons (Fsp3) is 0.278. The van der Waals surface area contributed by atoms with Gasteiger partial charge in [-0.3, -0.25) is 9.69 Å². The molecule has 0 aliphatic heterocycles. The third kappa shape index (κ3) is 4.69. The number of carbonyl (C=O) groups excluding carboxylic acids is 1. The van der Waals surface area contributed by atoms with Crippen molar-refractivity contribution in [1.82, 2.24) is 4.90 Å². The molecule has 1 amide bonds. The van der Waals surface area contributed by atoms with E-state index in [2.05, 4.69) is 5.32 Å². The molecule has 0 spiro atoms. The van der Waals surface area contributed by atoms with Crippen LogP contribution in [0.5, 0.6) is 0 Å². The van der Waals surface area contributed by atoms with Gasteiger partial charge < -0.3 is 5.32 Å². The van der Waals surface area contributed by atoms with Gasteiger partial charge in [0, 0.05) is 6.04 Å². The van der Waals surface area contributed by atoms with Crippen LogP contribution in [0, 0.1) is 5.82 Å². The highest BCUT2D eigenvalue weighted by Crippen LogP contribution is 2.30. The van der Waals surface area contributed by atoms with E-state index in [1.807, 2.05) is 18.7 Å². The number of hydrogen-bond donors (Lipinski definition) is 1. The van der Waals surface area contributed by atoms with Gasteiger partial charge in [0.15, 0.2) is 0 Å². The number of anilines is 1. The molecular weight excluding hydrogens is 350 g/mol. The molecule has 128 valence electrons. The lowest BCUT2D eigenvalue weighted by molar-refractivity contribution is -0.117. The predicted molar refractivity (Wildman–Crippen MR) is 97.2 cm³/mol. The molecule has 2 aromatic rings. The summed E-state index contributed by atoms with van der Waals surface area (Å²) in [6.45, 7) is 4.79. The number of amides is 1. The molecule has 1 unspecified atom stereocenters. The molecule has 6 heteroatoms. The van der Waals surface area contributed by atoms with E-state index >= 15 is 0 Å². The number of hydrogen-bond acceptors (Lipinski definition) is 2. The largest absolute Gasteiger partial charge is 0.322 e. The Bertz CT molecular complexity index is 686. The van der Waals surface area contributed by atoms with Crippen LogP contribution in [0.4, 0.5) is 10.1 Å². The van der Waals surface area contributed by atoms with E-state index in [0.717, 1.165) is 5.56 Å². The Balaban J connectivity index is 2.06. The quantitative estimate of drug-likeness (QED) is 0.763. The fourth-order valence-corrected chi connectivity index (χ4v) is 2.95. The molecular formula is C18H19Cl2FN2O. The van der Waals surface area contributed by atoms with Gasteiger partial charge in [-0.1, -0.05) is 48.3 Å². The summed E-state index contributed by atoms with van der Waals surface area (Å²) in [6, 6.07) is 11.3. The Morgan fingerprint density at radius 1 is 1.17 bits per heavy atom. The van der Waals surface area contributed by atoms with E-state index in [1.165, 1.54) is 12.1 Å². The first kappa shape index (κ1) is 18.7. The monoisotopic (exact) mass is 368 g/mol. The van der Waals surface area contributed by atoms with E-state index in [-0.39, 0.29) is 24.3 Å². The maximum atomic E-state index is 13.1. The normalized spacial score (nSPS) is 12.2. The lowest BCUT2D eigenvalue weighted by Crippen LogP contribution is -2.35. The Labute approximate surface area is 151 Å². The number of halogens is 3. The Kier molecular flexibility index (Phi) is 6.60. The molecule has 3 nitrogen and oxygen atoms in total. The molecule has 0 aliphatic rings. The van der Waals surface area contributed by atoms with Crippen molar-refractivity contribution in [3.63, 3.8) is 0 Å². The molecule has 1 atom stereocenters. The molecule has 2 rings (SSSR count). The molecule has 1 N–H and O–H groups in total. The smallest absolute Gasteiger partial charge is 0.238 e. The molecule has 24 heavy (non-hydrogen) atoms. The highest BCUT2D eigenvalue weighted by atomic mass is 35.5. The first-order chi connectivity index (χ1) is 11.4. The van der Waals surface area contributed by atoms with E-state index in [0.29, 0.717) is 22.3 Å². The summed E-state index contributed by atoms with van der Waals surface area (Å²) in [5.41, 5.74) is 1.36. The van der Waals surface area contributed by atoms with Gasteiger partial charge in [0.25, 0.3) is 0 Å². The zero-order chi connectivity index (χ0) is 17.7. The van der Waals surface area contributed by atoms with Gasteiger partial charge in [-0.05, 0) is 43.3 Å². The summed E-state index contributed by atoms with van der Waals surface area (Å²) in [4.78, 5) is 14.3. The maximum absolute atomic E-state index is 13.1. The number of carbonyl (C=O) groups is 1. The van der Waals surface area contributed by atoms with Crippen molar-refractivity contribution in [2.45, 2.75) is 19.9 Å². The first-order valence-corrected chi connectivity index (χ1v) is 8.41. The second-order valence-corrected chi connectivity index (χ2v) is 6.25. The lowest BCUT2D eigenvalue weighted by Gasteiger charge is -2.27. The van der Waals surface area contributed by atoms with Crippen LogP contribution < -0.4 is 5.32 Å². The molecule has 0 aromatic heterocycles. The minimum absolute atomic E-state index is 0.0249. The number of para-hydroxylation sites is 1. The van der Waals surface area contributed by atoms with Crippen LogP contribution in [-0.4, -0.2) is 23.9 Å². The molecule has 0 radical (unpaired) electrons. The van der Waals surface area contributed by atoms with Crippen molar-refractivity contribution < 1.29 is 9.18 Å². The van der Waals surface area contributed by atoms with Crippen LogP contribution in [0.15, 0.2) is 42.5 Å². The van der Waals surface area contributed by atoms with Crippen LogP contribution in [0.2, 0.25) is 10.0 Å². The van der Waals surface area contributed by atoms with Crippen molar-refractivity contribution in [3.05, 3.63) is 63.9 Å². The summed E-state index contributed by atoms with van der Waals surface area (Å²) in [6.07, 6.45) is 0. The number of nitrogens with zero attached hydrogens (tertiary/aromatic N) is 1. The third-order valence-electron chi connectivity index (χ3n) is 3.88. The van der Waals surface area contributed by atoms with Crippen LogP contribution in [0.3, 0.4) is 0 Å². The average molecular weight is 369 g/mol. The van der Waals surface area contributed by atoms with Crippen molar-refractivity contribution in [1.29, 1.82) is 0 Å².